The topological polar surface area (TPSA) is 35.6 Å². The number of halogens is 2. The molecule has 4 nitrogen and oxygen atoms in total. The minimum atomic E-state index is 0.943. The van der Waals surface area contributed by atoms with E-state index in [9.17, 15) is 0 Å². The second-order valence-corrected chi connectivity index (χ2v) is 5.00. The SMILES string of the molecule is Cc1nn(-n2nc(C)c(Br)c2C)cc1Br. The van der Waals surface area contributed by atoms with Crippen LogP contribution >= 0.6 is 31.9 Å². The Hall–Kier alpha value is -0.620. The molecule has 0 radical (unpaired) electrons. The van der Waals surface area contributed by atoms with E-state index in [0.29, 0.717) is 0 Å². The second-order valence-electron chi connectivity index (χ2n) is 3.36. The molecule has 80 valence electrons. The summed E-state index contributed by atoms with van der Waals surface area (Å²) >= 11 is 6.91. The summed E-state index contributed by atoms with van der Waals surface area (Å²) in [5.41, 5.74) is 2.93. The van der Waals surface area contributed by atoms with E-state index in [1.54, 1.807) is 9.58 Å². The molecule has 0 amide bonds. The molecule has 0 aliphatic carbocycles. The molecule has 2 rings (SSSR count). The highest BCUT2D eigenvalue weighted by atomic mass is 79.9. The molecule has 2 aromatic heterocycles. The molecule has 0 bridgehead atoms. The summed E-state index contributed by atoms with van der Waals surface area (Å²) in [6, 6.07) is 0. The maximum absolute atomic E-state index is 4.38. The van der Waals surface area contributed by atoms with E-state index < -0.39 is 0 Å². The Kier molecular flexibility index (Phi) is 2.72. The third-order valence-electron chi connectivity index (χ3n) is 2.20. The van der Waals surface area contributed by atoms with Crippen LogP contribution in [0.3, 0.4) is 0 Å². The van der Waals surface area contributed by atoms with E-state index in [0.717, 1.165) is 26.0 Å². The summed E-state index contributed by atoms with van der Waals surface area (Å²) in [4.78, 5) is 3.48. The van der Waals surface area contributed by atoms with E-state index in [4.69, 9.17) is 0 Å². The molecular formula is C9H10Br2N4. The Morgan fingerprint density at radius 3 is 2.13 bits per heavy atom. The Labute approximate surface area is 105 Å². The van der Waals surface area contributed by atoms with Gasteiger partial charge in [0.2, 0.25) is 0 Å². The van der Waals surface area contributed by atoms with Gasteiger partial charge in [-0.15, -0.1) is 0 Å². The summed E-state index contributed by atoms with van der Waals surface area (Å²) in [6.07, 6.45) is 1.89. The van der Waals surface area contributed by atoms with Crippen LogP contribution in [0.1, 0.15) is 17.1 Å². The van der Waals surface area contributed by atoms with Crippen LogP contribution in [0.5, 0.6) is 0 Å². The van der Waals surface area contributed by atoms with Crippen LogP contribution in [0.2, 0.25) is 0 Å². The van der Waals surface area contributed by atoms with Crippen molar-refractivity contribution in [2.45, 2.75) is 20.8 Å². The summed E-state index contributed by atoms with van der Waals surface area (Å²) < 4.78 is 2.00. The average Bonchev–Trinajstić information content (AvgIpc) is 2.63. The number of aromatic nitrogens is 4. The van der Waals surface area contributed by atoms with Crippen LogP contribution in [-0.4, -0.2) is 19.8 Å². The molecule has 0 fully saturated rings. The van der Waals surface area contributed by atoms with Crippen LogP contribution < -0.4 is 0 Å². The lowest BCUT2D eigenvalue weighted by Gasteiger charge is -2.02. The Morgan fingerprint density at radius 1 is 1.07 bits per heavy atom. The van der Waals surface area contributed by atoms with Gasteiger partial charge in [-0.05, 0) is 52.6 Å². The number of nitrogens with zero attached hydrogens (tertiary/aromatic N) is 4. The molecule has 0 N–H and O–H groups in total. The van der Waals surface area contributed by atoms with Gasteiger partial charge in [-0.25, -0.2) is 0 Å². The van der Waals surface area contributed by atoms with Crippen molar-refractivity contribution in [2.24, 2.45) is 0 Å². The van der Waals surface area contributed by atoms with Crippen molar-refractivity contribution in [3.63, 3.8) is 0 Å². The lowest BCUT2D eigenvalue weighted by atomic mass is 10.4. The van der Waals surface area contributed by atoms with Crippen molar-refractivity contribution in [3.8, 4) is 0 Å². The van der Waals surface area contributed by atoms with Crippen molar-refractivity contribution in [3.05, 3.63) is 32.2 Å². The van der Waals surface area contributed by atoms with Gasteiger partial charge < -0.3 is 0 Å². The van der Waals surface area contributed by atoms with Crippen LogP contribution in [-0.2, 0) is 0 Å². The van der Waals surface area contributed by atoms with Gasteiger partial charge in [0.1, 0.15) is 0 Å². The fraction of sp³-hybridized carbons (Fsp3) is 0.333. The predicted octanol–water partition coefficient (Wildman–Crippen LogP) is 2.84. The maximum Gasteiger partial charge on any atom is 0.0760 e. The molecule has 2 heterocycles. The largest absolute Gasteiger partial charge is 0.157 e. The van der Waals surface area contributed by atoms with Gasteiger partial charge in [-0.2, -0.15) is 19.8 Å². The number of rotatable bonds is 1. The highest BCUT2D eigenvalue weighted by Crippen LogP contribution is 2.21. The van der Waals surface area contributed by atoms with Crippen molar-refractivity contribution < 1.29 is 0 Å². The van der Waals surface area contributed by atoms with Gasteiger partial charge in [0.15, 0.2) is 0 Å². The zero-order chi connectivity index (χ0) is 11.2. The molecule has 0 saturated carbocycles. The summed E-state index contributed by atoms with van der Waals surface area (Å²) in [5.74, 6) is 0. The van der Waals surface area contributed by atoms with E-state index >= 15 is 0 Å². The van der Waals surface area contributed by atoms with Gasteiger partial charge in [-0.1, -0.05) is 0 Å². The molecule has 0 unspecified atom stereocenters. The molecule has 2 aromatic rings. The molecule has 6 heteroatoms. The monoisotopic (exact) mass is 332 g/mol. The van der Waals surface area contributed by atoms with Crippen molar-refractivity contribution >= 4 is 31.9 Å². The fourth-order valence-electron chi connectivity index (χ4n) is 1.33. The number of aryl methyl sites for hydroxylation is 2. The van der Waals surface area contributed by atoms with E-state index in [-0.39, 0.29) is 0 Å². The van der Waals surface area contributed by atoms with Crippen LogP contribution in [0.25, 0.3) is 0 Å². The van der Waals surface area contributed by atoms with Crippen LogP contribution in [0.4, 0.5) is 0 Å². The van der Waals surface area contributed by atoms with Crippen molar-refractivity contribution in [1.82, 2.24) is 19.8 Å². The fourth-order valence-corrected chi connectivity index (χ4v) is 1.83. The summed E-state index contributed by atoms with van der Waals surface area (Å²) in [5, 5.41) is 8.73. The van der Waals surface area contributed by atoms with Gasteiger partial charge in [0.05, 0.1) is 32.2 Å². The summed E-state index contributed by atoms with van der Waals surface area (Å²) in [6.45, 7) is 5.90. The Morgan fingerprint density at radius 2 is 1.73 bits per heavy atom. The van der Waals surface area contributed by atoms with E-state index in [1.165, 1.54) is 0 Å². The normalized spacial score (nSPS) is 11.0. The van der Waals surface area contributed by atoms with Gasteiger partial charge in [0, 0.05) is 0 Å². The molecular weight excluding hydrogens is 324 g/mol. The minimum absolute atomic E-state index is 0.943. The summed E-state index contributed by atoms with van der Waals surface area (Å²) in [7, 11) is 0. The van der Waals surface area contributed by atoms with Crippen molar-refractivity contribution in [1.29, 1.82) is 0 Å². The number of hydrogen-bond acceptors (Lipinski definition) is 2. The maximum atomic E-state index is 4.38. The molecule has 0 spiro atoms. The zero-order valence-electron chi connectivity index (χ0n) is 8.62. The molecule has 0 aliphatic rings. The van der Waals surface area contributed by atoms with Gasteiger partial charge in [0.25, 0.3) is 0 Å². The standard InChI is InChI=1S/C9H10Br2N4/c1-5-8(10)4-14(12-5)15-7(3)9(11)6(2)13-15/h4H,1-3H3. The van der Waals surface area contributed by atoms with Gasteiger partial charge in [-0.3, -0.25) is 0 Å². The van der Waals surface area contributed by atoms with E-state index in [2.05, 4.69) is 42.1 Å². The molecule has 0 aliphatic heterocycles. The smallest absolute Gasteiger partial charge is 0.0760 e. The molecule has 0 atom stereocenters. The highest BCUT2D eigenvalue weighted by Gasteiger charge is 2.11. The third kappa shape index (κ3) is 1.76. The lowest BCUT2D eigenvalue weighted by Crippen LogP contribution is -2.13. The molecule has 0 aromatic carbocycles. The van der Waals surface area contributed by atoms with Gasteiger partial charge >= 0.3 is 0 Å². The first-order chi connectivity index (χ1) is 7.00. The first-order valence-electron chi connectivity index (χ1n) is 4.45. The molecule has 0 saturated heterocycles. The average molecular weight is 334 g/mol. The predicted molar refractivity (Wildman–Crippen MR) is 64.9 cm³/mol. The highest BCUT2D eigenvalue weighted by molar-refractivity contribution is 9.10. The van der Waals surface area contributed by atoms with Crippen molar-refractivity contribution in [2.75, 3.05) is 0 Å². The minimum Gasteiger partial charge on any atom is -0.157 e. The Bertz CT molecular complexity index is 493. The Balaban J connectivity index is 2.59. The second kappa shape index (κ2) is 3.75. The molecule has 15 heavy (non-hydrogen) atoms. The first kappa shape index (κ1) is 10.9. The first-order valence-corrected chi connectivity index (χ1v) is 6.03. The third-order valence-corrected chi connectivity index (χ3v) is 4.13. The van der Waals surface area contributed by atoms with Crippen LogP contribution in [0.15, 0.2) is 15.1 Å². The number of hydrogen-bond donors (Lipinski definition) is 0. The quantitative estimate of drug-likeness (QED) is 0.804. The van der Waals surface area contributed by atoms with E-state index in [1.807, 2.05) is 27.0 Å². The van der Waals surface area contributed by atoms with Crippen LogP contribution in [0, 0.1) is 20.8 Å². The lowest BCUT2D eigenvalue weighted by molar-refractivity contribution is 0.489. The zero-order valence-corrected chi connectivity index (χ0v) is 11.8.